The number of amides is 3. The Balaban J connectivity index is 0. The normalized spacial score (nSPS) is 27.4. The molecule has 13 N–H and O–H groups in total. The highest BCUT2D eigenvalue weighted by atomic mass is 31.3. The zero-order valence-electron chi connectivity index (χ0n) is 14.2. The summed E-state index contributed by atoms with van der Waals surface area (Å²) in [5.41, 5.74) is 8.50. The molecule has 1 saturated heterocycles. The fourth-order valence-electron chi connectivity index (χ4n) is 1.63. The summed E-state index contributed by atoms with van der Waals surface area (Å²) in [6.45, 7) is 0.687. The van der Waals surface area contributed by atoms with E-state index in [1.54, 1.807) is 0 Å². The van der Waals surface area contributed by atoms with Crippen LogP contribution in [0.5, 0.6) is 0 Å². The van der Waals surface area contributed by atoms with Crippen molar-refractivity contribution in [1.82, 2.24) is 5.32 Å². The molecule has 28 heavy (non-hydrogen) atoms. The maximum Gasteiger partial charge on any atom is 0.478 e. The Morgan fingerprint density at radius 1 is 1.04 bits per heavy atom. The quantitative estimate of drug-likeness (QED) is 0.176. The number of aliphatic hydroxyl groups excluding tert-OH is 4. The van der Waals surface area contributed by atoms with Gasteiger partial charge in [0.25, 0.3) is 0 Å². The van der Waals surface area contributed by atoms with Gasteiger partial charge in [0, 0.05) is 6.92 Å². The van der Waals surface area contributed by atoms with E-state index in [1.165, 1.54) is 6.92 Å². The van der Waals surface area contributed by atoms with Crippen molar-refractivity contribution < 1.29 is 67.8 Å². The predicted octanol–water partition coefficient (Wildman–Crippen LogP) is -4.87. The first kappa shape index (κ1) is 29.0. The molecule has 1 aliphatic heterocycles. The Kier molecular flexibility index (Phi) is 12.8. The maximum atomic E-state index is 10.7. The molecule has 17 nitrogen and oxygen atoms in total. The largest absolute Gasteiger partial charge is 0.478 e. The highest BCUT2D eigenvalue weighted by Gasteiger charge is 2.43. The Hall–Kier alpha value is -1.20. The maximum absolute atomic E-state index is 10.7. The molecule has 0 aromatic rings. The van der Waals surface area contributed by atoms with Crippen molar-refractivity contribution in [1.29, 1.82) is 0 Å². The van der Waals surface area contributed by atoms with E-state index in [1.807, 2.05) is 0 Å². The van der Waals surface area contributed by atoms with Crippen LogP contribution in [0, 0.1) is 0 Å². The third kappa shape index (κ3) is 14.8. The third-order valence-corrected chi connectivity index (χ3v) is 4.18. The van der Waals surface area contributed by atoms with Crippen molar-refractivity contribution in [2.75, 3.05) is 6.61 Å². The molecular weight excluding hydrogens is 436 g/mol. The van der Waals surface area contributed by atoms with Gasteiger partial charge in [0.2, 0.25) is 5.91 Å². The Morgan fingerprint density at radius 2 is 1.43 bits per heavy atom. The summed E-state index contributed by atoms with van der Waals surface area (Å²) in [4.78, 5) is 50.7. The summed E-state index contributed by atoms with van der Waals surface area (Å²) < 4.78 is 27.0. The number of urea groups is 1. The van der Waals surface area contributed by atoms with Crippen molar-refractivity contribution in [3.05, 3.63) is 0 Å². The van der Waals surface area contributed by atoms with Gasteiger partial charge in [-0.15, -0.1) is 0 Å². The first-order valence-corrected chi connectivity index (χ1v) is 9.92. The fraction of sp³-hybridized carbons (Fsp3) is 0.778. The van der Waals surface area contributed by atoms with E-state index in [0.717, 1.165) is 0 Å². The second-order valence-corrected chi connectivity index (χ2v) is 7.54. The highest BCUT2D eigenvalue weighted by molar-refractivity contribution is 7.60. The second kappa shape index (κ2) is 12.4. The van der Waals surface area contributed by atoms with Gasteiger partial charge in [0.15, 0.2) is 6.29 Å². The molecule has 5 atom stereocenters. The number of rotatable bonds is 4. The summed E-state index contributed by atoms with van der Waals surface area (Å²) in [5, 5.41) is 39.4. The number of nitrogens with two attached hydrogens (primary N) is 2. The number of phosphoric acid groups is 2. The first-order chi connectivity index (χ1) is 12.4. The molecule has 168 valence electrons. The van der Waals surface area contributed by atoms with E-state index >= 15 is 0 Å². The predicted molar refractivity (Wildman–Crippen MR) is 86.5 cm³/mol. The Labute approximate surface area is 157 Å². The lowest BCUT2D eigenvalue weighted by molar-refractivity contribution is -0.253. The topological polar surface area (TPSA) is 313 Å². The minimum atomic E-state index is -5.05. The molecule has 3 amide bonds. The minimum Gasteiger partial charge on any atom is -0.394 e. The molecule has 0 aliphatic carbocycles. The van der Waals surface area contributed by atoms with Gasteiger partial charge in [-0.3, -0.25) is 4.79 Å². The van der Waals surface area contributed by atoms with E-state index < -0.39 is 64.8 Å². The summed E-state index contributed by atoms with van der Waals surface area (Å²) >= 11 is 0. The summed E-state index contributed by atoms with van der Waals surface area (Å²) in [6, 6.07) is -1.93. The zero-order valence-corrected chi connectivity index (χ0v) is 16.0. The van der Waals surface area contributed by atoms with Gasteiger partial charge >= 0.3 is 21.7 Å². The molecule has 1 unspecified atom stereocenters. The van der Waals surface area contributed by atoms with E-state index in [0.29, 0.717) is 0 Å². The van der Waals surface area contributed by atoms with Gasteiger partial charge in [0.1, 0.15) is 24.4 Å². The minimum absolute atomic E-state index is 0.462. The number of hydrogen-bond donors (Lipinski definition) is 11. The van der Waals surface area contributed by atoms with Crippen LogP contribution in [-0.2, 0) is 23.0 Å². The van der Waals surface area contributed by atoms with E-state index in [9.17, 15) is 29.2 Å². The lowest BCUT2D eigenvalue weighted by atomic mass is 9.97. The average molecular weight is 459 g/mol. The smallest absolute Gasteiger partial charge is 0.394 e. The van der Waals surface area contributed by atoms with Gasteiger partial charge in [0.05, 0.1) is 6.61 Å². The van der Waals surface area contributed by atoms with Crippen LogP contribution in [0.25, 0.3) is 0 Å². The third-order valence-electron chi connectivity index (χ3n) is 2.48. The fourth-order valence-corrected chi connectivity index (χ4v) is 2.73. The second-order valence-electron chi connectivity index (χ2n) is 4.92. The molecule has 1 rings (SSSR count). The van der Waals surface area contributed by atoms with Gasteiger partial charge in [-0.25, -0.2) is 13.9 Å². The molecular formula is C9H23N3O14P2. The van der Waals surface area contributed by atoms with Crippen molar-refractivity contribution in [2.24, 2.45) is 11.5 Å². The summed E-state index contributed by atoms with van der Waals surface area (Å²) in [6.07, 6.45) is -5.24. The van der Waals surface area contributed by atoms with Crippen LogP contribution in [0.1, 0.15) is 6.92 Å². The van der Waals surface area contributed by atoms with Crippen molar-refractivity contribution in [3.63, 3.8) is 0 Å². The lowest BCUT2D eigenvalue weighted by Crippen LogP contribution is -2.63. The Morgan fingerprint density at radius 3 is 1.68 bits per heavy atom. The van der Waals surface area contributed by atoms with Crippen LogP contribution in [0.4, 0.5) is 4.79 Å². The Bertz CT molecular complexity index is 569. The van der Waals surface area contributed by atoms with Crippen LogP contribution >= 0.6 is 15.6 Å². The van der Waals surface area contributed by atoms with E-state index in [-0.39, 0.29) is 0 Å². The molecule has 19 heteroatoms. The number of carbonyl (C=O) groups excluding carboxylic acids is 2. The van der Waals surface area contributed by atoms with Crippen molar-refractivity contribution in [2.45, 2.75) is 37.6 Å². The zero-order chi connectivity index (χ0) is 22.9. The number of ether oxygens (including phenoxy) is 1. The van der Waals surface area contributed by atoms with E-state index in [4.69, 9.17) is 34.2 Å². The standard InChI is InChI=1S/C8H15NO6.CH4N2O.H4O7P2/c1-3(11)9-5-7(13)6(12)4(2-10)15-8(5)14;2-1(3)4;1-8(2,3)7-9(4,5)6/h4-8,10,12-14H,2H2,1H3,(H,9,11);(H4,2,3,4);(H2,1,2,3)(H2,4,5,6)/t4-,5-,6-,7-,8?;;/m1../s1. The van der Waals surface area contributed by atoms with Crippen molar-refractivity contribution >= 4 is 27.6 Å². The SMILES string of the molecule is CC(=O)N[C@H]1C(O)O[C@H](CO)[C@@H](O)[C@@H]1O.NC(N)=O.O=P(O)(O)OP(=O)(O)O. The molecule has 0 spiro atoms. The highest BCUT2D eigenvalue weighted by Crippen LogP contribution is 2.53. The van der Waals surface area contributed by atoms with Gasteiger partial charge in [-0.05, 0) is 0 Å². The lowest BCUT2D eigenvalue weighted by Gasteiger charge is -2.40. The molecule has 0 saturated carbocycles. The van der Waals surface area contributed by atoms with Crippen LogP contribution in [-0.4, -0.2) is 89.2 Å². The number of aliphatic hydroxyl groups is 4. The molecule has 0 aromatic carbocycles. The van der Waals surface area contributed by atoms with Crippen molar-refractivity contribution in [3.8, 4) is 0 Å². The molecule has 0 aromatic heterocycles. The van der Waals surface area contributed by atoms with Gasteiger partial charge < -0.3 is 61.5 Å². The van der Waals surface area contributed by atoms with E-state index in [2.05, 4.69) is 21.1 Å². The van der Waals surface area contributed by atoms with Crippen LogP contribution in [0.2, 0.25) is 0 Å². The monoisotopic (exact) mass is 459 g/mol. The van der Waals surface area contributed by atoms with Gasteiger partial charge in [-0.1, -0.05) is 0 Å². The number of carbonyl (C=O) groups is 2. The average Bonchev–Trinajstić information content (AvgIpc) is 2.43. The van der Waals surface area contributed by atoms with Crippen LogP contribution < -0.4 is 16.8 Å². The molecule has 1 fully saturated rings. The molecule has 0 bridgehead atoms. The number of nitrogens with one attached hydrogen (secondary N) is 1. The summed E-state index contributed by atoms with van der Waals surface area (Å²) in [7, 11) is -10.1. The van der Waals surface area contributed by atoms with Crippen LogP contribution in [0.15, 0.2) is 0 Å². The summed E-state index contributed by atoms with van der Waals surface area (Å²) in [5.74, 6) is -0.462. The van der Waals surface area contributed by atoms with Gasteiger partial charge in [-0.2, -0.15) is 4.31 Å². The number of hydrogen-bond acceptors (Lipinski definition) is 10. The molecule has 1 aliphatic rings. The first-order valence-electron chi connectivity index (χ1n) is 6.86. The van der Waals surface area contributed by atoms with Crippen LogP contribution in [0.3, 0.4) is 0 Å². The number of primary amides is 2. The molecule has 0 radical (unpaired) electrons. The molecule has 1 heterocycles.